The Bertz CT molecular complexity index is 1170. The molecule has 3 N–H and O–H groups in total. The van der Waals surface area contributed by atoms with E-state index in [2.05, 4.69) is 0 Å². The van der Waals surface area contributed by atoms with E-state index in [-0.39, 0.29) is 17.2 Å². The maximum Gasteiger partial charge on any atom is 0.340 e. The topological polar surface area (TPSA) is 100 Å². The van der Waals surface area contributed by atoms with Gasteiger partial charge in [0, 0.05) is 11.6 Å². The molecule has 4 rings (SSSR count). The first-order valence-electron chi connectivity index (χ1n) is 9.95. The summed E-state index contributed by atoms with van der Waals surface area (Å²) < 4.78 is 22.1. The summed E-state index contributed by atoms with van der Waals surface area (Å²) in [5.74, 6) is 0.192. The zero-order valence-corrected chi connectivity index (χ0v) is 17.7. The first-order chi connectivity index (χ1) is 15.5. The normalized spacial score (nSPS) is 14.9. The Kier molecular flexibility index (Phi) is 5.89. The van der Waals surface area contributed by atoms with E-state index in [0.29, 0.717) is 29.4 Å². The van der Waals surface area contributed by atoms with E-state index in [1.807, 2.05) is 42.5 Å². The van der Waals surface area contributed by atoms with E-state index in [4.69, 9.17) is 24.7 Å². The number of methoxy groups -OCH3 is 2. The Labute approximate surface area is 185 Å². The minimum absolute atomic E-state index is 0.0263. The molecule has 0 saturated carbocycles. The molecule has 0 aliphatic carbocycles. The molecule has 0 aromatic heterocycles. The van der Waals surface area contributed by atoms with Crippen LogP contribution < -0.4 is 19.9 Å². The Morgan fingerprint density at radius 3 is 2.53 bits per heavy atom. The number of fused-ring (bicyclic) bond motifs is 1. The molecule has 0 radical (unpaired) electrons. The van der Waals surface area contributed by atoms with Crippen LogP contribution in [0.15, 0.2) is 78.2 Å². The van der Waals surface area contributed by atoms with Crippen molar-refractivity contribution in [1.29, 1.82) is 0 Å². The zero-order valence-electron chi connectivity index (χ0n) is 17.7. The van der Waals surface area contributed by atoms with E-state index < -0.39 is 11.9 Å². The summed E-state index contributed by atoms with van der Waals surface area (Å²) in [6.45, 7) is 0.348. The van der Waals surface area contributed by atoms with Crippen molar-refractivity contribution in [2.24, 2.45) is 5.73 Å². The number of phenolic OH excluding ortho intramolecular Hbond substituents is 1. The van der Waals surface area contributed by atoms with Crippen LogP contribution in [-0.4, -0.2) is 25.3 Å². The highest BCUT2D eigenvalue weighted by Crippen LogP contribution is 2.45. The number of hydrogen-bond donors (Lipinski definition) is 2. The van der Waals surface area contributed by atoms with Crippen LogP contribution in [0.3, 0.4) is 0 Å². The first kappa shape index (κ1) is 21.1. The van der Waals surface area contributed by atoms with E-state index in [1.54, 1.807) is 19.2 Å². The second-order valence-corrected chi connectivity index (χ2v) is 7.21. The van der Waals surface area contributed by atoms with Crippen molar-refractivity contribution >= 4 is 5.97 Å². The van der Waals surface area contributed by atoms with Crippen LogP contribution in [0, 0.1) is 0 Å². The largest absolute Gasteiger partial charge is 0.508 e. The average molecular weight is 433 g/mol. The van der Waals surface area contributed by atoms with Crippen molar-refractivity contribution in [2.45, 2.75) is 12.5 Å². The fourth-order valence-electron chi connectivity index (χ4n) is 3.72. The number of carbonyl (C=O) groups is 1. The second kappa shape index (κ2) is 8.93. The molecule has 1 unspecified atom stereocenters. The summed E-state index contributed by atoms with van der Waals surface area (Å²) in [6.07, 6.45) is 0. The third kappa shape index (κ3) is 4.05. The van der Waals surface area contributed by atoms with Gasteiger partial charge in [0.05, 0.1) is 20.1 Å². The molecule has 0 bridgehead atoms. The van der Waals surface area contributed by atoms with E-state index >= 15 is 0 Å². The van der Waals surface area contributed by atoms with Crippen molar-refractivity contribution in [2.75, 3.05) is 14.2 Å². The van der Waals surface area contributed by atoms with Crippen LogP contribution in [-0.2, 0) is 16.1 Å². The summed E-state index contributed by atoms with van der Waals surface area (Å²) >= 11 is 0. The van der Waals surface area contributed by atoms with Gasteiger partial charge in [-0.3, -0.25) is 0 Å². The summed E-state index contributed by atoms with van der Waals surface area (Å²) in [7, 11) is 2.85. The molecule has 3 aromatic rings. The predicted octanol–water partition coefficient (Wildman–Crippen LogP) is 3.85. The standard InChI is InChI=1S/C25H23NO6/c1-29-19-11-8-16(12-21(19)31-14-15-6-4-3-5-7-15)22-18-10-9-17(27)13-20(18)32-24(26)23(22)25(28)30-2/h3-13,22,27H,14,26H2,1-2H3. The van der Waals surface area contributed by atoms with Gasteiger partial charge in [0.15, 0.2) is 11.5 Å². The smallest absolute Gasteiger partial charge is 0.340 e. The average Bonchev–Trinajstić information content (AvgIpc) is 2.81. The lowest BCUT2D eigenvalue weighted by molar-refractivity contribution is -0.136. The van der Waals surface area contributed by atoms with Crippen molar-refractivity contribution in [3.05, 3.63) is 94.9 Å². The highest BCUT2D eigenvalue weighted by molar-refractivity contribution is 5.92. The Balaban J connectivity index is 1.78. The molecule has 3 aromatic carbocycles. The van der Waals surface area contributed by atoms with Crippen LogP contribution in [0.4, 0.5) is 0 Å². The molecule has 0 amide bonds. The number of phenols is 1. The Hall–Kier alpha value is -4.13. The molecule has 7 nitrogen and oxygen atoms in total. The Morgan fingerprint density at radius 2 is 1.81 bits per heavy atom. The lowest BCUT2D eigenvalue weighted by Crippen LogP contribution is -2.27. The molecule has 1 heterocycles. The quantitative estimate of drug-likeness (QED) is 0.570. The summed E-state index contributed by atoms with van der Waals surface area (Å²) in [4.78, 5) is 12.6. The van der Waals surface area contributed by atoms with Crippen molar-refractivity contribution in [1.82, 2.24) is 0 Å². The van der Waals surface area contributed by atoms with Gasteiger partial charge in [-0.2, -0.15) is 0 Å². The third-order valence-corrected chi connectivity index (χ3v) is 5.25. The number of aromatic hydroxyl groups is 1. The molecule has 164 valence electrons. The minimum Gasteiger partial charge on any atom is -0.508 e. The van der Waals surface area contributed by atoms with E-state index in [0.717, 1.165) is 11.1 Å². The second-order valence-electron chi connectivity index (χ2n) is 7.21. The maximum atomic E-state index is 12.6. The van der Waals surface area contributed by atoms with Gasteiger partial charge in [-0.1, -0.05) is 42.5 Å². The molecule has 7 heteroatoms. The van der Waals surface area contributed by atoms with Crippen LogP contribution in [0.5, 0.6) is 23.0 Å². The molecule has 0 fully saturated rings. The highest BCUT2D eigenvalue weighted by Gasteiger charge is 2.36. The van der Waals surface area contributed by atoms with Gasteiger partial charge in [0.25, 0.3) is 0 Å². The molecule has 1 aliphatic rings. The van der Waals surface area contributed by atoms with Crippen molar-refractivity contribution < 1.29 is 28.8 Å². The lowest BCUT2D eigenvalue weighted by atomic mass is 9.83. The molecule has 1 aliphatic heterocycles. The molecular weight excluding hydrogens is 410 g/mol. The van der Waals surface area contributed by atoms with Gasteiger partial charge in [0.1, 0.15) is 23.7 Å². The SMILES string of the molecule is COC(=O)C1=C(N)Oc2cc(O)ccc2C1c1ccc(OC)c(OCc2ccccc2)c1. The zero-order chi connectivity index (χ0) is 22.7. The summed E-state index contributed by atoms with van der Waals surface area (Å²) in [5, 5.41) is 9.88. The van der Waals surface area contributed by atoms with E-state index in [9.17, 15) is 9.90 Å². The number of esters is 1. The number of benzene rings is 3. The number of carbonyl (C=O) groups excluding carboxylic acids is 1. The fourth-order valence-corrected chi connectivity index (χ4v) is 3.72. The maximum absolute atomic E-state index is 12.6. The van der Waals surface area contributed by atoms with Gasteiger partial charge in [-0.05, 0) is 29.3 Å². The molecule has 32 heavy (non-hydrogen) atoms. The molecule has 0 saturated heterocycles. The molecule has 1 atom stereocenters. The number of hydrogen-bond acceptors (Lipinski definition) is 7. The van der Waals surface area contributed by atoms with Crippen LogP contribution in [0.2, 0.25) is 0 Å². The number of rotatable bonds is 6. The van der Waals surface area contributed by atoms with Crippen LogP contribution in [0.1, 0.15) is 22.6 Å². The Morgan fingerprint density at radius 1 is 1.03 bits per heavy atom. The van der Waals surface area contributed by atoms with Crippen LogP contribution in [0.25, 0.3) is 0 Å². The van der Waals surface area contributed by atoms with Gasteiger partial charge >= 0.3 is 5.97 Å². The van der Waals surface area contributed by atoms with Crippen molar-refractivity contribution in [3.8, 4) is 23.0 Å². The minimum atomic E-state index is -0.603. The van der Waals surface area contributed by atoms with Gasteiger partial charge in [-0.15, -0.1) is 0 Å². The van der Waals surface area contributed by atoms with Gasteiger partial charge in [-0.25, -0.2) is 4.79 Å². The van der Waals surface area contributed by atoms with E-state index in [1.165, 1.54) is 19.2 Å². The number of nitrogens with two attached hydrogens (primary N) is 1. The van der Waals surface area contributed by atoms with Crippen LogP contribution >= 0.6 is 0 Å². The first-order valence-corrected chi connectivity index (χ1v) is 9.95. The van der Waals surface area contributed by atoms with Crippen molar-refractivity contribution in [3.63, 3.8) is 0 Å². The van der Waals surface area contributed by atoms with Gasteiger partial charge in [0.2, 0.25) is 5.88 Å². The molecular formula is C25H23NO6. The monoisotopic (exact) mass is 433 g/mol. The summed E-state index contributed by atoms with van der Waals surface area (Å²) in [5.41, 5.74) is 8.67. The predicted molar refractivity (Wildman–Crippen MR) is 118 cm³/mol. The lowest BCUT2D eigenvalue weighted by Gasteiger charge is -2.28. The van der Waals surface area contributed by atoms with Gasteiger partial charge < -0.3 is 29.8 Å². The summed E-state index contributed by atoms with van der Waals surface area (Å²) in [6, 6.07) is 19.9. The highest BCUT2D eigenvalue weighted by atomic mass is 16.5. The number of ether oxygens (including phenoxy) is 4. The fraction of sp³-hybridized carbons (Fsp3) is 0.160. The third-order valence-electron chi connectivity index (χ3n) is 5.25. The molecule has 0 spiro atoms.